The van der Waals surface area contributed by atoms with E-state index in [-0.39, 0.29) is 30.8 Å². The second-order valence-electron chi connectivity index (χ2n) is 8.33. The minimum absolute atomic E-state index is 0.0198. The van der Waals surface area contributed by atoms with Gasteiger partial charge in [-0.3, -0.25) is 9.78 Å². The number of hydrogen-bond donors (Lipinski definition) is 3. The number of guanidine groups is 1. The minimum atomic E-state index is -5.84. The van der Waals surface area contributed by atoms with Crippen molar-refractivity contribution in [2.75, 3.05) is 18.4 Å². The molecule has 0 aliphatic heterocycles. The molecule has 0 aliphatic carbocycles. The summed E-state index contributed by atoms with van der Waals surface area (Å²) in [6, 6.07) is 6.56. The Morgan fingerprint density at radius 2 is 1.64 bits per heavy atom. The van der Waals surface area contributed by atoms with E-state index in [1.165, 1.54) is 24.5 Å². The molecule has 2 rings (SSSR count). The smallest absolute Gasteiger partial charge is 0.355 e. The maximum atomic E-state index is 12.8. The Bertz CT molecular complexity index is 1170. The Labute approximate surface area is 203 Å². The minimum Gasteiger partial charge on any atom is -0.355 e. The van der Waals surface area contributed by atoms with Gasteiger partial charge < -0.3 is 16.0 Å². The van der Waals surface area contributed by atoms with Crippen molar-refractivity contribution >= 4 is 27.6 Å². The highest BCUT2D eigenvalue weighted by Crippen LogP contribution is 2.29. The van der Waals surface area contributed by atoms with Crippen molar-refractivity contribution in [2.45, 2.75) is 32.0 Å². The highest BCUT2D eigenvalue weighted by molar-refractivity contribution is 7.91. The highest BCUT2D eigenvalue weighted by atomic mass is 32.2. The van der Waals surface area contributed by atoms with Crippen LogP contribution in [0.5, 0.6) is 0 Å². The fourth-order valence-electron chi connectivity index (χ4n) is 2.68. The van der Waals surface area contributed by atoms with E-state index in [1.807, 2.05) is 0 Å². The zero-order chi connectivity index (χ0) is 27.2. The second-order valence-corrected chi connectivity index (χ2v) is 9.92. The summed E-state index contributed by atoms with van der Waals surface area (Å²) < 4.78 is 102. The molecule has 0 fully saturated rings. The molecule has 3 N–H and O–H groups in total. The first-order valence-corrected chi connectivity index (χ1v) is 11.7. The van der Waals surface area contributed by atoms with Crippen LogP contribution in [0.3, 0.4) is 0 Å². The van der Waals surface area contributed by atoms with Crippen LogP contribution in [0.2, 0.25) is 0 Å². The number of hydrogen-bond acceptors (Lipinski definition) is 4. The first kappa shape index (κ1) is 28.9. The molecule has 0 unspecified atom stereocenters. The second kappa shape index (κ2) is 11.1. The maximum absolute atomic E-state index is 12.8. The zero-order valence-corrected chi connectivity index (χ0v) is 19.9. The maximum Gasteiger partial charge on any atom is 0.518 e. The van der Waals surface area contributed by atoms with Crippen molar-refractivity contribution in [1.82, 2.24) is 15.6 Å². The van der Waals surface area contributed by atoms with Gasteiger partial charge in [-0.15, -0.1) is 4.40 Å². The number of pyridine rings is 1. The lowest BCUT2D eigenvalue weighted by molar-refractivity contribution is -0.137. The van der Waals surface area contributed by atoms with E-state index >= 15 is 0 Å². The SMILES string of the molecule is CC(C)(CCNC(=O)c1ccc(C(F)(F)F)cc1)CNC(=NS(=O)(=O)C(F)(F)F)Nc1cccnc1. The van der Waals surface area contributed by atoms with Crippen LogP contribution >= 0.6 is 0 Å². The summed E-state index contributed by atoms with van der Waals surface area (Å²) in [7, 11) is -5.84. The lowest BCUT2D eigenvalue weighted by atomic mass is 9.89. The van der Waals surface area contributed by atoms with E-state index in [2.05, 4.69) is 25.3 Å². The van der Waals surface area contributed by atoms with Crippen LogP contribution in [-0.4, -0.2) is 43.9 Å². The molecule has 0 saturated heterocycles. The predicted octanol–water partition coefficient (Wildman–Crippen LogP) is 4.15. The van der Waals surface area contributed by atoms with E-state index < -0.39 is 44.6 Å². The van der Waals surface area contributed by atoms with E-state index in [0.717, 1.165) is 24.3 Å². The summed E-state index contributed by atoms with van der Waals surface area (Å²) in [6.07, 6.45) is -1.60. The Morgan fingerprint density at radius 1 is 1.00 bits per heavy atom. The number of carbonyl (C=O) groups excluding carboxylic acids is 1. The van der Waals surface area contributed by atoms with Gasteiger partial charge in [0, 0.05) is 24.8 Å². The molecule has 0 saturated carbocycles. The van der Waals surface area contributed by atoms with Crippen molar-refractivity contribution in [3.63, 3.8) is 0 Å². The molecular formula is C21H23F6N5O3S. The number of nitrogens with zero attached hydrogens (tertiary/aromatic N) is 2. The summed E-state index contributed by atoms with van der Waals surface area (Å²) >= 11 is 0. The fourth-order valence-corrected chi connectivity index (χ4v) is 3.14. The molecule has 2 aromatic rings. The molecular weight excluding hydrogens is 516 g/mol. The first-order valence-electron chi connectivity index (χ1n) is 10.3. The Morgan fingerprint density at radius 3 is 2.17 bits per heavy atom. The van der Waals surface area contributed by atoms with Crippen LogP contribution in [-0.2, 0) is 16.2 Å². The van der Waals surface area contributed by atoms with Crippen LogP contribution in [0.15, 0.2) is 53.2 Å². The Balaban J connectivity index is 2.00. The molecule has 198 valence electrons. The third-order valence-corrected chi connectivity index (χ3v) is 5.73. The van der Waals surface area contributed by atoms with Crippen molar-refractivity contribution in [3.05, 3.63) is 59.9 Å². The number of halogens is 6. The lowest BCUT2D eigenvalue weighted by Gasteiger charge is -2.26. The largest absolute Gasteiger partial charge is 0.518 e. The molecule has 36 heavy (non-hydrogen) atoms. The molecule has 1 amide bonds. The van der Waals surface area contributed by atoms with Crippen LogP contribution in [0, 0.1) is 5.41 Å². The normalized spacial score (nSPS) is 13.3. The van der Waals surface area contributed by atoms with Crippen LogP contribution in [0.1, 0.15) is 36.2 Å². The third kappa shape index (κ3) is 8.70. The number of sulfonamides is 1. The monoisotopic (exact) mass is 539 g/mol. The highest BCUT2D eigenvalue weighted by Gasteiger charge is 2.46. The van der Waals surface area contributed by atoms with Crippen molar-refractivity contribution in [1.29, 1.82) is 0 Å². The molecule has 1 aromatic carbocycles. The number of benzene rings is 1. The topological polar surface area (TPSA) is 113 Å². The molecule has 8 nitrogen and oxygen atoms in total. The van der Waals surface area contributed by atoms with E-state index in [9.17, 15) is 39.6 Å². The number of amides is 1. The molecule has 0 spiro atoms. The summed E-state index contributed by atoms with van der Waals surface area (Å²) in [4.78, 5) is 16.0. The number of nitrogens with one attached hydrogen (secondary N) is 3. The summed E-state index contributed by atoms with van der Waals surface area (Å²) in [5, 5.41) is 7.53. The lowest BCUT2D eigenvalue weighted by Crippen LogP contribution is -2.40. The molecule has 0 aliphatic rings. The predicted molar refractivity (Wildman–Crippen MR) is 120 cm³/mol. The van der Waals surface area contributed by atoms with Crippen LogP contribution in [0.25, 0.3) is 0 Å². The summed E-state index contributed by atoms with van der Waals surface area (Å²) in [5.74, 6) is -1.29. The molecule has 0 bridgehead atoms. The first-order chi connectivity index (χ1) is 16.5. The Hall–Kier alpha value is -3.36. The molecule has 1 heterocycles. The number of alkyl halides is 6. The van der Waals surface area contributed by atoms with Gasteiger partial charge in [0.1, 0.15) is 0 Å². The van der Waals surface area contributed by atoms with Crippen molar-refractivity contribution in [3.8, 4) is 0 Å². The molecule has 15 heteroatoms. The zero-order valence-electron chi connectivity index (χ0n) is 19.0. The van der Waals surface area contributed by atoms with E-state index in [1.54, 1.807) is 13.8 Å². The number of anilines is 1. The molecule has 0 radical (unpaired) electrons. The Kier molecular flexibility index (Phi) is 8.93. The van der Waals surface area contributed by atoms with Gasteiger partial charge in [0.05, 0.1) is 17.4 Å². The van der Waals surface area contributed by atoms with Crippen molar-refractivity contribution in [2.24, 2.45) is 9.81 Å². The molecule has 1 aromatic heterocycles. The number of aromatic nitrogens is 1. The standard InChI is InChI=1S/C21H23F6N5O3S/c1-19(2,9-11-29-17(33)14-5-7-15(8-6-14)20(22,23)24)13-30-18(31-16-4-3-10-28-12-16)32-36(34,35)21(25,26)27/h3-8,10,12H,9,11,13H2,1-2H3,(H,29,33)(H2,30,31,32). The summed E-state index contributed by atoms with van der Waals surface area (Å²) in [6.45, 7) is 3.43. The van der Waals surface area contributed by atoms with Gasteiger partial charge in [-0.1, -0.05) is 13.8 Å². The third-order valence-electron chi connectivity index (χ3n) is 4.72. The van der Waals surface area contributed by atoms with Gasteiger partial charge in [-0.05, 0) is 48.2 Å². The molecule has 0 atom stereocenters. The number of carbonyl (C=O) groups is 1. The van der Waals surface area contributed by atoms with E-state index in [0.29, 0.717) is 0 Å². The van der Waals surface area contributed by atoms with Gasteiger partial charge in [0.2, 0.25) is 5.96 Å². The van der Waals surface area contributed by atoms with Gasteiger partial charge in [-0.2, -0.15) is 34.8 Å². The average Bonchev–Trinajstić information content (AvgIpc) is 2.76. The van der Waals surface area contributed by atoms with Crippen LogP contribution < -0.4 is 16.0 Å². The quantitative estimate of drug-likeness (QED) is 0.264. The van der Waals surface area contributed by atoms with Gasteiger partial charge >= 0.3 is 21.7 Å². The van der Waals surface area contributed by atoms with Crippen LogP contribution in [0.4, 0.5) is 32.0 Å². The summed E-state index contributed by atoms with van der Waals surface area (Å²) in [5.41, 5.74) is -6.98. The average molecular weight is 540 g/mol. The van der Waals surface area contributed by atoms with Gasteiger partial charge in [0.25, 0.3) is 5.91 Å². The van der Waals surface area contributed by atoms with Gasteiger partial charge in [-0.25, -0.2) is 0 Å². The van der Waals surface area contributed by atoms with E-state index in [4.69, 9.17) is 0 Å². The van der Waals surface area contributed by atoms with Gasteiger partial charge in [0.15, 0.2) is 0 Å². The number of rotatable bonds is 8. The van der Waals surface area contributed by atoms with Crippen molar-refractivity contribution < 1.29 is 39.6 Å². The fraction of sp³-hybridized carbons (Fsp3) is 0.381.